The Morgan fingerprint density at radius 2 is 1.65 bits per heavy atom. The Morgan fingerprint density at radius 1 is 1.00 bits per heavy atom. The largest absolute Gasteiger partial charge is 0.329 e. The number of hydrazone groups is 1. The zero-order chi connectivity index (χ0) is 16.7. The second-order valence-electron chi connectivity index (χ2n) is 4.43. The van der Waals surface area contributed by atoms with E-state index in [9.17, 15) is 14.4 Å². The summed E-state index contributed by atoms with van der Waals surface area (Å²) < 4.78 is 0. The van der Waals surface area contributed by atoms with Crippen LogP contribution in [-0.4, -0.2) is 23.9 Å². The molecular weight excluding hydrogens is 316 g/mol. The van der Waals surface area contributed by atoms with Crippen molar-refractivity contribution >= 4 is 46.6 Å². The zero-order valence-corrected chi connectivity index (χ0v) is 13.0. The van der Waals surface area contributed by atoms with Crippen LogP contribution in [0.5, 0.6) is 0 Å². The minimum Gasteiger partial charge on any atom is -0.326 e. The molecule has 0 unspecified atom stereocenters. The van der Waals surface area contributed by atoms with Crippen molar-refractivity contribution in [1.82, 2.24) is 5.43 Å². The van der Waals surface area contributed by atoms with Gasteiger partial charge in [0, 0.05) is 23.2 Å². The third-order valence-electron chi connectivity index (χ3n) is 2.57. The highest BCUT2D eigenvalue weighted by atomic mass is 32.1. The number of carbonyl (C=O) groups excluding carboxylic acids is 3. The maximum atomic E-state index is 11.7. The number of carbonyl (C=O) groups is 3. The number of amides is 3. The van der Waals surface area contributed by atoms with E-state index in [1.807, 2.05) is 17.5 Å². The molecule has 0 spiro atoms. The molecule has 3 amide bonds. The quantitative estimate of drug-likeness (QED) is 0.453. The van der Waals surface area contributed by atoms with Crippen molar-refractivity contribution in [1.29, 1.82) is 0 Å². The predicted octanol–water partition coefficient (Wildman–Crippen LogP) is 1.80. The molecule has 1 heterocycles. The molecule has 0 fully saturated rings. The molecule has 0 aliphatic heterocycles. The first-order valence-corrected chi connectivity index (χ1v) is 7.48. The Bertz CT molecular complexity index is 724. The van der Waals surface area contributed by atoms with E-state index >= 15 is 0 Å². The third kappa shape index (κ3) is 5.36. The molecule has 3 N–H and O–H groups in total. The summed E-state index contributed by atoms with van der Waals surface area (Å²) in [4.78, 5) is 35.1. The van der Waals surface area contributed by atoms with Crippen molar-refractivity contribution in [3.63, 3.8) is 0 Å². The molecule has 1 aromatic carbocycles. The zero-order valence-electron chi connectivity index (χ0n) is 12.2. The van der Waals surface area contributed by atoms with Gasteiger partial charge in [-0.15, -0.1) is 11.3 Å². The van der Waals surface area contributed by atoms with Gasteiger partial charge in [0.25, 0.3) is 0 Å². The molecule has 0 saturated heterocycles. The van der Waals surface area contributed by atoms with E-state index in [1.54, 1.807) is 24.3 Å². The van der Waals surface area contributed by atoms with E-state index in [-0.39, 0.29) is 5.91 Å². The van der Waals surface area contributed by atoms with E-state index in [1.165, 1.54) is 24.5 Å². The Balaban J connectivity index is 1.85. The van der Waals surface area contributed by atoms with E-state index in [2.05, 4.69) is 21.2 Å². The fourth-order valence-electron chi connectivity index (χ4n) is 1.60. The summed E-state index contributed by atoms with van der Waals surface area (Å²) >= 11 is 1.46. The van der Waals surface area contributed by atoms with E-state index in [0.717, 1.165) is 4.88 Å². The molecular formula is C15H14N4O3S. The van der Waals surface area contributed by atoms with Crippen LogP contribution in [0.1, 0.15) is 11.8 Å². The van der Waals surface area contributed by atoms with Gasteiger partial charge < -0.3 is 10.6 Å². The molecule has 0 aliphatic rings. The van der Waals surface area contributed by atoms with E-state index < -0.39 is 11.8 Å². The maximum Gasteiger partial charge on any atom is 0.329 e. The normalized spacial score (nSPS) is 10.3. The van der Waals surface area contributed by atoms with Crippen LogP contribution >= 0.6 is 11.3 Å². The molecule has 118 valence electrons. The molecule has 1 aromatic heterocycles. The van der Waals surface area contributed by atoms with Gasteiger partial charge in [-0.2, -0.15) is 5.10 Å². The SMILES string of the molecule is CC(=O)Nc1ccc(NC(=O)C(=O)NN=Cc2cccs2)cc1. The predicted molar refractivity (Wildman–Crippen MR) is 89.4 cm³/mol. The van der Waals surface area contributed by atoms with Gasteiger partial charge in [-0.3, -0.25) is 14.4 Å². The Morgan fingerprint density at radius 3 is 2.22 bits per heavy atom. The average molecular weight is 330 g/mol. The molecule has 8 heteroatoms. The number of nitrogens with one attached hydrogen (secondary N) is 3. The second-order valence-corrected chi connectivity index (χ2v) is 5.41. The Labute approximate surface area is 136 Å². The summed E-state index contributed by atoms with van der Waals surface area (Å²) in [5, 5.41) is 10.6. The van der Waals surface area contributed by atoms with Crippen LogP contribution in [-0.2, 0) is 14.4 Å². The van der Waals surface area contributed by atoms with Gasteiger partial charge in [0.1, 0.15) is 0 Å². The highest BCUT2D eigenvalue weighted by molar-refractivity contribution is 7.11. The fraction of sp³-hybridized carbons (Fsp3) is 0.0667. The number of rotatable bonds is 4. The summed E-state index contributed by atoms with van der Waals surface area (Å²) in [5.41, 5.74) is 3.18. The Hall–Kier alpha value is -3.00. The van der Waals surface area contributed by atoms with Crippen LogP contribution in [0, 0.1) is 0 Å². The van der Waals surface area contributed by atoms with Crippen molar-refractivity contribution in [3.8, 4) is 0 Å². The number of hydrogen-bond acceptors (Lipinski definition) is 5. The van der Waals surface area contributed by atoms with Gasteiger partial charge >= 0.3 is 11.8 Å². The molecule has 2 rings (SSSR count). The molecule has 0 aliphatic carbocycles. The van der Waals surface area contributed by atoms with E-state index in [4.69, 9.17) is 0 Å². The van der Waals surface area contributed by atoms with Gasteiger partial charge in [-0.05, 0) is 35.7 Å². The average Bonchev–Trinajstić information content (AvgIpc) is 3.02. The van der Waals surface area contributed by atoms with Crippen molar-refractivity contribution < 1.29 is 14.4 Å². The van der Waals surface area contributed by atoms with E-state index in [0.29, 0.717) is 11.4 Å². The highest BCUT2D eigenvalue weighted by Crippen LogP contribution is 2.13. The second kappa shape index (κ2) is 7.85. The molecule has 23 heavy (non-hydrogen) atoms. The van der Waals surface area contributed by atoms with Gasteiger partial charge in [0.2, 0.25) is 5.91 Å². The third-order valence-corrected chi connectivity index (χ3v) is 3.38. The van der Waals surface area contributed by atoms with Crippen LogP contribution in [0.3, 0.4) is 0 Å². The molecule has 0 bridgehead atoms. The smallest absolute Gasteiger partial charge is 0.326 e. The lowest BCUT2D eigenvalue weighted by Crippen LogP contribution is -2.32. The number of benzene rings is 1. The topological polar surface area (TPSA) is 99.7 Å². The molecule has 0 atom stereocenters. The minimum atomic E-state index is -0.872. The van der Waals surface area contributed by atoms with Gasteiger partial charge in [-0.25, -0.2) is 5.43 Å². The standard InChI is InChI=1S/C15H14N4O3S/c1-10(20)17-11-4-6-12(7-5-11)18-14(21)15(22)19-16-9-13-3-2-8-23-13/h2-9H,1H3,(H,17,20)(H,18,21)(H,19,22). The highest BCUT2D eigenvalue weighted by Gasteiger charge is 2.12. The lowest BCUT2D eigenvalue weighted by molar-refractivity contribution is -0.136. The minimum absolute atomic E-state index is 0.190. The van der Waals surface area contributed by atoms with Gasteiger partial charge in [-0.1, -0.05) is 6.07 Å². The first-order valence-electron chi connectivity index (χ1n) is 6.60. The Kier molecular flexibility index (Phi) is 5.59. The van der Waals surface area contributed by atoms with Crippen LogP contribution in [0.4, 0.5) is 11.4 Å². The summed E-state index contributed by atoms with van der Waals surface area (Å²) in [6.45, 7) is 1.40. The molecule has 7 nitrogen and oxygen atoms in total. The van der Waals surface area contributed by atoms with Crippen molar-refractivity contribution in [2.45, 2.75) is 6.92 Å². The van der Waals surface area contributed by atoms with Crippen LogP contribution in [0.2, 0.25) is 0 Å². The van der Waals surface area contributed by atoms with Crippen molar-refractivity contribution in [2.24, 2.45) is 5.10 Å². The first kappa shape index (κ1) is 16.4. The number of nitrogens with zero attached hydrogens (tertiary/aromatic N) is 1. The lowest BCUT2D eigenvalue weighted by atomic mass is 10.2. The van der Waals surface area contributed by atoms with Crippen LogP contribution < -0.4 is 16.1 Å². The maximum absolute atomic E-state index is 11.7. The number of thiophene rings is 1. The number of hydrogen-bond donors (Lipinski definition) is 3. The monoisotopic (exact) mass is 330 g/mol. The fourth-order valence-corrected chi connectivity index (χ4v) is 2.18. The van der Waals surface area contributed by atoms with Crippen LogP contribution in [0.15, 0.2) is 46.9 Å². The lowest BCUT2D eigenvalue weighted by Gasteiger charge is -2.06. The van der Waals surface area contributed by atoms with Gasteiger partial charge in [0.15, 0.2) is 0 Å². The summed E-state index contributed by atoms with van der Waals surface area (Å²) in [7, 11) is 0. The number of anilines is 2. The molecule has 2 aromatic rings. The van der Waals surface area contributed by atoms with Crippen LogP contribution in [0.25, 0.3) is 0 Å². The van der Waals surface area contributed by atoms with Crippen molar-refractivity contribution in [2.75, 3.05) is 10.6 Å². The summed E-state index contributed by atoms with van der Waals surface area (Å²) in [5.74, 6) is -1.89. The van der Waals surface area contributed by atoms with Gasteiger partial charge in [0.05, 0.1) is 6.21 Å². The first-order chi connectivity index (χ1) is 11.0. The summed E-state index contributed by atoms with van der Waals surface area (Å²) in [6, 6.07) is 10.1. The van der Waals surface area contributed by atoms with Crippen molar-refractivity contribution in [3.05, 3.63) is 46.7 Å². The summed E-state index contributed by atoms with van der Waals surface area (Å²) in [6.07, 6.45) is 1.46. The molecule has 0 saturated carbocycles. The molecule has 0 radical (unpaired) electrons.